The standard InChI is InChI=1S/C43H58N4O5/c1-6-44-42(50)45-25-34-12-7-9-13-35(34)30-19-21-33(22-20-30)41-51-38(28(2)39(52-41)32-17-15-29(27-48)16-18-32)26-47-36-14-10-8-11-31(36)23-24-37(47)40(49)46-43(3,4)5/h7,9,12-13,15-22,28,31,36-39,41,48H,6,8,10-11,14,23-27H2,1-5H3,(H,46,49)(H2,44,45,50). The van der Waals surface area contributed by atoms with E-state index in [9.17, 15) is 14.7 Å². The van der Waals surface area contributed by atoms with Gasteiger partial charge in [0, 0.05) is 42.7 Å². The highest BCUT2D eigenvalue weighted by Crippen LogP contribution is 2.44. The first-order chi connectivity index (χ1) is 25.0. The lowest BCUT2D eigenvalue weighted by atomic mass is 9.75. The van der Waals surface area contributed by atoms with E-state index >= 15 is 0 Å². The third-order valence-electron chi connectivity index (χ3n) is 11.1. The second kappa shape index (κ2) is 16.9. The lowest BCUT2D eigenvalue weighted by Crippen LogP contribution is -2.61. The number of carbonyl (C=O) groups excluding carboxylic acids is 2. The maximum absolute atomic E-state index is 13.9. The van der Waals surface area contributed by atoms with Crippen LogP contribution in [0.4, 0.5) is 4.79 Å². The minimum Gasteiger partial charge on any atom is -0.392 e. The number of aliphatic hydroxyl groups is 1. The largest absolute Gasteiger partial charge is 0.392 e. The minimum atomic E-state index is -0.610. The van der Waals surface area contributed by atoms with Crippen LogP contribution in [-0.2, 0) is 27.4 Å². The van der Waals surface area contributed by atoms with E-state index in [0.717, 1.165) is 52.6 Å². The SMILES string of the molecule is CCNC(=O)NCc1ccccc1-c1ccc(C2OC(CN3C(C(=O)NC(C)(C)C)CCC4CCCCC43)C(C)C(c3ccc(CO)cc3)O2)cc1. The van der Waals surface area contributed by atoms with Gasteiger partial charge < -0.3 is 30.5 Å². The Morgan fingerprint density at radius 1 is 0.865 bits per heavy atom. The number of aliphatic hydroxyl groups excluding tert-OH is 1. The van der Waals surface area contributed by atoms with Crippen LogP contribution in [-0.4, -0.2) is 58.8 Å². The lowest BCUT2D eigenvalue weighted by Gasteiger charge is -2.51. The van der Waals surface area contributed by atoms with Gasteiger partial charge in [-0.3, -0.25) is 9.69 Å². The highest BCUT2D eigenvalue weighted by atomic mass is 16.7. The van der Waals surface area contributed by atoms with Gasteiger partial charge in [-0.25, -0.2) is 4.79 Å². The molecule has 2 aliphatic heterocycles. The van der Waals surface area contributed by atoms with Crippen LogP contribution < -0.4 is 16.0 Å². The Bertz CT molecular complexity index is 1640. The predicted octanol–water partition coefficient (Wildman–Crippen LogP) is 7.39. The number of piperidine rings is 1. The molecule has 3 aromatic rings. The summed E-state index contributed by atoms with van der Waals surface area (Å²) in [5.74, 6) is 0.725. The van der Waals surface area contributed by atoms with Crippen LogP contribution in [0, 0.1) is 11.8 Å². The molecule has 1 aliphatic carbocycles. The molecule has 52 heavy (non-hydrogen) atoms. The summed E-state index contributed by atoms with van der Waals surface area (Å²) in [6.07, 6.45) is 5.69. The molecular weight excluding hydrogens is 652 g/mol. The second-order valence-corrected chi connectivity index (χ2v) is 16.0. The molecule has 4 N–H and O–H groups in total. The minimum absolute atomic E-state index is 0.00933. The van der Waals surface area contributed by atoms with Gasteiger partial charge in [-0.2, -0.15) is 0 Å². The van der Waals surface area contributed by atoms with Crippen LogP contribution >= 0.6 is 0 Å². The van der Waals surface area contributed by atoms with Gasteiger partial charge in [0.25, 0.3) is 0 Å². The number of rotatable bonds is 10. The molecule has 1 saturated carbocycles. The number of nitrogens with one attached hydrogen (secondary N) is 3. The Morgan fingerprint density at radius 3 is 2.29 bits per heavy atom. The number of benzene rings is 3. The molecule has 2 saturated heterocycles. The number of likely N-dealkylation sites (tertiary alicyclic amines) is 1. The summed E-state index contributed by atoms with van der Waals surface area (Å²) in [7, 11) is 0. The smallest absolute Gasteiger partial charge is 0.315 e. The van der Waals surface area contributed by atoms with Gasteiger partial charge in [0.05, 0.1) is 24.9 Å². The monoisotopic (exact) mass is 710 g/mol. The molecule has 3 fully saturated rings. The number of fused-ring (bicyclic) bond motifs is 1. The van der Waals surface area contributed by atoms with Gasteiger partial charge in [-0.1, -0.05) is 92.6 Å². The topological polar surface area (TPSA) is 112 Å². The molecular formula is C43H58N4O5. The number of nitrogens with zero attached hydrogens (tertiary/aromatic N) is 1. The third-order valence-corrected chi connectivity index (χ3v) is 11.1. The molecule has 3 amide bonds. The number of hydrogen-bond donors (Lipinski definition) is 4. The average Bonchev–Trinajstić information content (AvgIpc) is 3.14. The van der Waals surface area contributed by atoms with Gasteiger partial charge in [0.2, 0.25) is 5.91 Å². The molecule has 3 aromatic carbocycles. The summed E-state index contributed by atoms with van der Waals surface area (Å²) >= 11 is 0. The molecule has 0 aromatic heterocycles. The van der Waals surface area contributed by atoms with Crippen LogP contribution in [0.25, 0.3) is 11.1 Å². The van der Waals surface area contributed by atoms with E-state index in [-0.39, 0.29) is 48.3 Å². The van der Waals surface area contributed by atoms with E-state index < -0.39 is 6.29 Å². The van der Waals surface area contributed by atoms with Crippen LogP contribution in [0.2, 0.25) is 0 Å². The molecule has 3 aliphatic rings. The lowest BCUT2D eigenvalue weighted by molar-refractivity contribution is -0.278. The van der Waals surface area contributed by atoms with Crippen molar-refractivity contribution < 1.29 is 24.2 Å². The van der Waals surface area contributed by atoms with Gasteiger partial charge in [0.1, 0.15) is 0 Å². The normalized spacial score (nSPS) is 26.6. The van der Waals surface area contributed by atoms with Crippen LogP contribution in [0.1, 0.15) is 108 Å². The number of ether oxygens (including phenoxy) is 2. The van der Waals surface area contributed by atoms with Crippen LogP contribution in [0.3, 0.4) is 0 Å². The Kier molecular flexibility index (Phi) is 12.4. The van der Waals surface area contributed by atoms with E-state index in [4.69, 9.17) is 9.47 Å². The van der Waals surface area contributed by atoms with Crippen molar-refractivity contribution in [1.82, 2.24) is 20.9 Å². The molecule has 7 atom stereocenters. The zero-order chi connectivity index (χ0) is 36.8. The zero-order valence-electron chi connectivity index (χ0n) is 31.6. The van der Waals surface area contributed by atoms with Crippen molar-refractivity contribution in [2.24, 2.45) is 11.8 Å². The van der Waals surface area contributed by atoms with Gasteiger partial charge in [-0.05, 0) is 87.1 Å². The highest BCUT2D eigenvalue weighted by Gasteiger charge is 2.46. The zero-order valence-corrected chi connectivity index (χ0v) is 31.6. The van der Waals surface area contributed by atoms with Crippen molar-refractivity contribution >= 4 is 11.9 Å². The molecule has 9 nitrogen and oxygen atoms in total. The Hall–Kier alpha value is -3.76. The average molecular weight is 711 g/mol. The Labute approximate surface area is 309 Å². The van der Waals surface area contributed by atoms with Crippen molar-refractivity contribution in [3.63, 3.8) is 0 Å². The number of carbonyl (C=O) groups is 2. The van der Waals surface area contributed by atoms with Gasteiger partial charge in [0.15, 0.2) is 6.29 Å². The van der Waals surface area contributed by atoms with Gasteiger partial charge >= 0.3 is 6.03 Å². The molecule has 0 spiro atoms. The van der Waals surface area contributed by atoms with E-state index in [0.29, 0.717) is 31.6 Å². The molecule has 0 radical (unpaired) electrons. The fourth-order valence-corrected chi connectivity index (χ4v) is 8.44. The molecule has 280 valence electrons. The number of hydrogen-bond acceptors (Lipinski definition) is 6. The van der Waals surface area contributed by atoms with Crippen molar-refractivity contribution in [2.45, 2.75) is 122 Å². The van der Waals surface area contributed by atoms with Crippen molar-refractivity contribution in [1.29, 1.82) is 0 Å². The summed E-state index contributed by atoms with van der Waals surface area (Å²) in [5.41, 5.74) is 5.64. The fourth-order valence-electron chi connectivity index (χ4n) is 8.44. The summed E-state index contributed by atoms with van der Waals surface area (Å²) in [6, 6.07) is 24.4. The molecule has 2 heterocycles. The third kappa shape index (κ3) is 9.05. The summed E-state index contributed by atoms with van der Waals surface area (Å²) in [4.78, 5) is 28.5. The first-order valence-electron chi connectivity index (χ1n) is 19.3. The van der Waals surface area contributed by atoms with E-state index in [1.54, 1.807) is 0 Å². The Balaban J connectivity index is 1.28. The van der Waals surface area contributed by atoms with E-state index in [1.807, 2.05) is 37.3 Å². The van der Waals surface area contributed by atoms with Crippen molar-refractivity contribution in [3.8, 4) is 11.1 Å². The highest BCUT2D eigenvalue weighted by molar-refractivity contribution is 5.82. The predicted molar refractivity (Wildman–Crippen MR) is 204 cm³/mol. The van der Waals surface area contributed by atoms with Crippen LogP contribution in [0.15, 0.2) is 72.8 Å². The maximum Gasteiger partial charge on any atom is 0.315 e. The quantitative estimate of drug-likeness (QED) is 0.175. The number of urea groups is 1. The summed E-state index contributed by atoms with van der Waals surface area (Å²) < 4.78 is 13.8. The first kappa shape index (κ1) is 38.0. The second-order valence-electron chi connectivity index (χ2n) is 16.0. The van der Waals surface area contributed by atoms with Crippen LogP contribution in [0.5, 0.6) is 0 Å². The van der Waals surface area contributed by atoms with E-state index in [1.165, 1.54) is 19.3 Å². The number of amides is 3. The molecule has 6 rings (SSSR count). The fraction of sp³-hybridized carbons (Fsp3) is 0.535. The molecule has 9 heteroatoms. The van der Waals surface area contributed by atoms with Crippen molar-refractivity contribution in [3.05, 3.63) is 95.1 Å². The van der Waals surface area contributed by atoms with E-state index in [2.05, 4.69) is 91.0 Å². The van der Waals surface area contributed by atoms with Crippen molar-refractivity contribution in [2.75, 3.05) is 13.1 Å². The van der Waals surface area contributed by atoms with Gasteiger partial charge in [-0.15, -0.1) is 0 Å². The molecule has 7 unspecified atom stereocenters. The summed E-state index contributed by atoms with van der Waals surface area (Å²) in [5, 5.41) is 18.8. The Morgan fingerprint density at radius 2 is 1.58 bits per heavy atom. The maximum atomic E-state index is 13.9. The first-order valence-corrected chi connectivity index (χ1v) is 19.3. The summed E-state index contributed by atoms with van der Waals surface area (Å²) in [6.45, 7) is 11.9. The molecule has 0 bridgehead atoms.